The summed E-state index contributed by atoms with van der Waals surface area (Å²) < 4.78 is 1.49. The number of carbonyl (C=O) groups excluding carboxylic acids is 2. The molecule has 4 heterocycles. The number of aromatic nitrogens is 4. The number of benzene rings is 2. The zero-order valence-electron chi connectivity index (χ0n) is 19.2. The molecule has 2 amide bonds. The lowest BCUT2D eigenvalue weighted by Gasteiger charge is -2.13. The van der Waals surface area contributed by atoms with E-state index in [0.29, 0.717) is 33.3 Å². The van der Waals surface area contributed by atoms with E-state index in [9.17, 15) is 9.59 Å². The third-order valence-electron chi connectivity index (χ3n) is 5.86. The SMILES string of the molecule is O=C(N[C@H]1N=C(c2ccccc2)c2ccccc2NC1=O)c1c(-c2cncc(Cl)c2)nn2cccnc12. The van der Waals surface area contributed by atoms with Crippen LogP contribution in [0.2, 0.25) is 5.02 Å². The molecule has 9 nitrogen and oxygen atoms in total. The van der Waals surface area contributed by atoms with Gasteiger partial charge in [0, 0.05) is 41.5 Å². The molecule has 0 unspecified atom stereocenters. The molecule has 37 heavy (non-hydrogen) atoms. The number of nitrogens with one attached hydrogen (secondary N) is 2. The highest BCUT2D eigenvalue weighted by atomic mass is 35.5. The molecule has 2 aromatic carbocycles. The highest BCUT2D eigenvalue weighted by Crippen LogP contribution is 2.28. The number of nitrogens with zero attached hydrogens (tertiary/aromatic N) is 5. The van der Waals surface area contributed by atoms with Crippen molar-refractivity contribution in [1.82, 2.24) is 24.9 Å². The fourth-order valence-electron chi connectivity index (χ4n) is 4.22. The molecule has 1 atom stereocenters. The average molecular weight is 508 g/mol. The number of anilines is 1. The van der Waals surface area contributed by atoms with Crippen molar-refractivity contribution < 1.29 is 9.59 Å². The van der Waals surface area contributed by atoms with E-state index in [2.05, 4.69) is 25.7 Å². The second-order valence-electron chi connectivity index (χ2n) is 8.26. The Labute approximate surface area is 215 Å². The van der Waals surface area contributed by atoms with Crippen molar-refractivity contribution in [2.75, 3.05) is 5.32 Å². The molecule has 0 spiro atoms. The molecule has 0 fully saturated rings. The number of amides is 2. The number of fused-ring (bicyclic) bond motifs is 2. The van der Waals surface area contributed by atoms with Crippen LogP contribution < -0.4 is 10.6 Å². The van der Waals surface area contributed by atoms with Gasteiger partial charge in [0.25, 0.3) is 11.8 Å². The number of pyridine rings is 1. The summed E-state index contributed by atoms with van der Waals surface area (Å²) in [4.78, 5) is 40.1. The number of rotatable bonds is 4. The number of halogens is 1. The molecule has 180 valence electrons. The van der Waals surface area contributed by atoms with E-state index in [0.717, 1.165) is 11.1 Å². The Kier molecular flexibility index (Phi) is 5.66. The third-order valence-corrected chi connectivity index (χ3v) is 6.07. The van der Waals surface area contributed by atoms with Gasteiger partial charge in [-0.05, 0) is 18.2 Å². The van der Waals surface area contributed by atoms with Crippen LogP contribution in [-0.4, -0.2) is 43.3 Å². The van der Waals surface area contributed by atoms with Crippen LogP contribution in [0.4, 0.5) is 5.69 Å². The van der Waals surface area contributed by atoms with Gasteiger partial charge in [0.2, 0.25) is 6.17 Å². The molecule has 0 radical (unpaired) electrons. The standard InChI is InChI=1S/C27H18ClN7O2/c28-18-13-17(14-29-15-18)23-21(25-30-11-6-12-35(25)34-23)26(36)33-24-27(37)31-20-10-5-4-9-19(20)22(32-24)16-7-2-1-3-8-16/h1-15,24H,(H,31,37)(H,33,36)/t24-/m1/s1. The van der Waals surface area contributed by atoms with Crippen molar-refractivity contribution in [3.05, 3.63) is 113 Å². The summed E-state index contributed by atoms with van der Waals surface area (Å²) in [5, 5.41) is 10.6. The maximum Gasteiger partial charge on any atom is 0.269 e. The summed E-state index contributed by atoms with van der Waals surface area (Å²) in [5.41, 5.74) is 4.11. The zero-order chi connectivity index (χ0) is 25.4. The van der Waals surface area contributed by atoms with E-state index in [1.165, 1.54) is 10.7 Å². The summed E-state index contributed by atoms with van der Waals surface area (Å²) in [5.74, 6) is -1.03. The van der Waals surface area contributed by atoms with Gasteiger partial charge in [-0.3, -0.25) is 14.6 Å². The van der Waals surface area contributed by atoms with Crippen LogP contribution in [-0.2, 0) is 4.79 Å². The fourth-order valence-corrected chi connectivity index (χ4v) is 4.39. The molecule has 6 rings (SSSR count). The molecule has 0 bridgehead atoms. The summed E-state index contributed by atoms with van der Waals surface area (Å²) in [6, 6.07) is 20.2. The van der Waals surface area contributed by atoms with Gasteiger partial charge in [-0.1, -0.05) is 60.1 Å². The van der Waals surface area contributed by atoms with E-state index in [-0.39, 0.29) is 5.56 Å². The summed E-state index contributed by atoms with van der Waals surface area (Å²) in [6.45, 7) is 0. The number of carbonyl (C=O) groups is 2. The molecule has 1 aliphatic heterocycles. The van der Waals surface area contributed by atoms with Crippen molar-refractivity contribution in [2.24, 2.45) is 4.99 Å². The molecular formula is C27H18ClN7O2. The van der Waals surface area contributed by atoms with E-state index in [1.54, 1.807) is 36.8 Å². The van der Waals surface area contributed by atoms with Crippen LogP contribution in [0.3, 0.4) is 0 Å². The second-order valence-corrected chi connectivity index (χ2v) is 8.69. The lowest BCUT2D eigenvalue weighted by Crippen LogP contribution is -2.42. The van der Waals surface area contributed by atoms with Gasteiger partial charge in [0.1, 0.15) is 11.3 Å². The van der Waals surface area contributed by atoms with Gasteiger partial charge in [-0.25, -0.2) is 14.5 Å². The van der Waals surface area contributed by atoms with Gasteiger partial charge >= 0.3 is 0 Å². The minimum atomic E-state index is -1.21. The fraction of sp³-hybridized carbons (Fsp3) is 0.0370. The number of benzodiazepines with no additional fused rings is 1. The van der Waals surface area contributed by atoms with Crippen LogP contribution in [0.25, 0.3) is 16.9 Å². The molecular weight excluding hydrogens is 490 g/mol. The van der Waals surface area contributed by atoms with Crippen molar-refractivity contribution in [3.8, 4) is 11.3 Å². The maximum absolute atomic E-state index is 13.7. The first kappa shape index (κ1) is 22.6. The Bertz CT molecular complexity index is 1700. The van der Waals surface area contributed by atoms with E-state index in [4.69, 9.17) is 16.6 Å². The lowest BCUT2D eigenvalue weighted by molar-refractivity contribution is -0.117. The largest absolute Gasteiger partial charge is 0.322 e. The van der Waals surface area contributed by atoms with Gasteiger partial charge < -0.3 is 10.6 Å². The van der Waals surface area contributed by atoms with Crippen molar-refractivity contribution in [1.29, 1.82) is 0 Å². The second kappa shape index (κ2) is 9.29. The smallest absolute Gasteiger partial charge is 0.269 e. The van der Waals surface area contributed by atoms with Crippen molar-refractivity contribution in [3.63, 3.8) is 0 Å². The van der Waals surface area contributed by atoms with Crippen molar-refractivity contribution in [2.45, 2.75) is 6.17 Å². The van der Waals surface area contributed by atoms with Crippen LogP contribution >= 0.6 is 11.6 Å². The summed E-state index contributed by atoms with van der Waals surface area (Å²) >= 11 is 6.15. The maximum atomic E-state index is 13.7. The number of aliphatic imine (C=N–C) groups is 1. The third kappa shape index (κ3) is 4.21. The molecule has 1 aliphatic rings. The first-order chi connectivity index (χ1) is 18.1. The van der Waals surface area contributed by atoms with Crippen LogP contribution in [0.5, 0.6) is 0 Å². The van der Waals surface area contributed by atoms with Gasteiger partial charge in [0.15, 0.2) is 5.65 Å². The van der Waals surface area contributed by atoms with Gasteiger partial charge in [-0.2, -0.15) is 5.10 Å². The predicted molar refractivity (Wildman–Crippen MR) is 140 cm³/mol. The number of hydrogen-bond acceptors (Lipinski definition) is 6. The molecule has 0 aliphatic carbocycles. The first-order valence-electron chi connectivity index (χ1n) is 11.4. The van der Waals surface area contributed by atoms with Crippen molar-refractivity contribution >= 4 is 40.5 Å². The topological polar surface area (TPSA) is 114 Å². The van der Waals surface area contributed by atoms with Crippen LogP contribution in [0, 0.1) is 0 Å². The normalized spacial score (nSPS) is 14.9. The molecule has 5 aromatic rings. The monoisotopic (exact) mass is 507 g/mol. The molecule has 3 aromatic heterocycles. The Morgan fingerprint density at radius 1 is 1.00 bits per heavy atom. The lowest BCUT2D eigenvalue weighted by atomic mass is 10.0. The summed E-state index contributed by atoms with van der Waals surface area (Å²) in [7, 11) is 0. The zero-order valence-corrected chi connectivity index (χ0v) is 19.9. The predicted octanol–water partition coefficient (Wildman–Crippen LogP) is 3.99. The quantitative estimate of drug-likeness (QED) is 0.382. The van der Waals surface area contributed by atoms with E-state index < -0.39 is 18.0 Å². The number of para-hydroxylation sites is 1. The van der Waals surface area contributed by atoms with Gasteiger partial charge in [0.05, 0.1) is 16.4 Å². The highest BCUT2D eigenvalue weighted by molar-refractivity contribution is 6.30. The van der Waals surface area contributed by atoms with Crippen LogP contribution in [0.15, 0.2) is 96.5 Å². The Balaban J connectivity index is 1.44. The Morgan fingerprint density at radius 2 is 1.81 bits per heavy atom. The Morgan fingerprint density at radius 3 is 2.65 bits per heavy atom. The Hall–Kier alpha value is -4.89. The van der Waals surface area contributed by atoms with Gasteiger partial charge in [-0.15, -0.1) is 0 Å². The molecule has 0 saturated carbocycles. The highest BCUT2D eigenvalue weighted by Gasteiger charge is 2.30. The van der Waals surface area contributed by atoms with E-state index in [1.807, 2.05) is 48.5 Å². The minimum Gasteiger partial charge on any atom is -0.322 e. The van der Waals surface area contributed by atoms with Crippen LogP contribution in [0.1, 0.15) is 21.5 Å². The first-order valence-corrected chi connectivity index (χ1v) is 11.7. The number of hydrogen-bond donors (Lipinski definition) is 2. The summed E-state index contributed by atoms with van der Waals surface area (Å²) in [6.07, 6.45) is 5.09. The average Bonchev–Trinajstić information content (AvgIpc) is 3.25. The van der Waals surface area contributed by atoms with E-state index >= 15 is 0 Å². The molecule has 0 saturated heterocycles. The minimum absolute atomic E-state index is 0.177. The molecule has 2 N–H and O–H groups in total. The molecule has 10 heteroatoms.